The van der Waals surface area contributed by atoms with Crippen LogP contribution in [0.1, 0.15) is 24.5 Å². The van der Waals surface area contributed by atoms with Crippen molar-refractivity contribution in [3.63, 3.8) is 0 Å². The van der Waals surface area contributed by atoms with Crippen molar-refractivity contribution >= 4 is 34.2 Å². The minimum absolute atomic E-state index is 0.631. The lowest BCUT2D eigenvalue weighted by molar-refractivity contribution is 0.958. The second-order valence-corrected chi connectivity index (χ2v) is 7.48. The highest BCUT2D eigenvalue weighted by molar-refractivity contribution is 7.99. The van der Waals surface area contributed by atoms with Gasteiger partial charge in [0.15, 0.2) is 5.16 Å². The van der Waals surface area contributed by atoms with E-state index in [9.17, 15) is 0 Å². The van der Waals surface area contributed by atoms with Crippen molar-refractivity contribution in [2.45, 2.75) is 28.8 Å². The maximum Gasteiger partial charge on any atom is 0.194 e. The smallest absolute Gasteiger partial charge is 0.194 e. The molecule has 0 unspecified atom stereocenters. The molecule has 1 fully saturated rings. The van der Waals surface area contributed by atoms with Crippen molar-refractivity contribution in [1.82, 2.24) is 20.2 Å². The molecular formula is C20H17N5S. The highest BCUT2D eigenvalue weighted by Crippen LogP contribution is 2.39. The largest absolute Gasteiger partial charge is 0.325 e. The number of aromatic amines is 1. The first kappa shape index (κ1) is 15.4. The molecule has 0 radical (unpaired) electrons. The quantitative estimate of drug-likeness (QED) is 0.484. The van der Waals surface area contributed by atoms with Gasteiger partial charge in [0.1, 0.15) is 11.6 Å². The van der Waals surface area contributed by atoms with Gasteiger partial charge in [-0.1, -0.05) is 30.3 Å². The van der Waals surface area contributed by atoms with Crippen molar-refractivity contribution in [2.24, 2.45) is 0 Å². The van der Waals surface area contributed by atoms with Crippen LogP contribution in [-0.2, 0) is 0 Å². The molecule has 0 amide bonds. The Labute approximate surface area is 155 Å². The van der Waals surface area contributed by atoms with Gasteiger partial charge in [-0.15, -0.1) is 0 Å². The lowest BCUT2D eigenvalue weighted by atomic mass is 10.1. The van der Waals surface area contributed by atoms with E-state index in [0.29, 0.717) is 11.1 Å². The Bertz CT molecular complexity index is 1070. The van der Waals surface area contributed by atoms with Crippen molar-refractivity contribution < 1.29 is 0 Å². The molecule has 2 aromatic heterocycles. The van der Waals surface area contributed by atoms with Crippen LogP contribution in [0.4, 0.5) is 11.6 Å². The molecule has 128 valence electrons. The zero-order valence-corrected chi connectivity index (χ0v) is 14.8. The van der Waals surface area contributed by atoms with Crippen LogP contribution in [0.3, 0.4) is 0 Å². The monoisotopic (exact) mass is 359 g/mol. The number of rotatable bonds is 5. The molecule has 0 bridgehead atoms. The fraction of sp³-hybridized carbons (Fsp3) is 0.150. The molecule has 5 nitrogen and oxygen atoms in total. The topological polar surface area (TPSA) is 66.5 Å². The number of nitrogens with zero attached hydrogens (tertiary/aromatic N) is 3. The molecule has 6 heteroatoms. The van der Waals surface area contributed by atoms with Crippen LogP contribution in [0.5, 0.6) is 0 Å². The molecule has 1 aliphatic rings. The van der Waals surface area contributed by atoms with Gasteiger partial charge in [0.25, 0.3) is 0 Å². The number of benzene rings is 2. The molecular weight excluding hydrogens is 342 g/mol. The van der Waals surface area contributed by atoms with E-state index in [0.717, 1.165) is 22.2 Å². The standard InChI is InChI=1S/C20H17N5S/c1-2-4-15-11-16(8-7-13(15)3-1)26-20-21-10-9-18(23-20)22-19-12-17(24-25-19)14-5-6-14/h1-4,7-12,14H,5-6H2,(H2,21,22,23,24,25). The molecule has 2 N–H and O–H groups in total. The second kappa shape index (κ2) is 6.46. The van der Waals surface area contributed by atoms with Gasteiger partial charge in [0, 0.05) is 23.1 Å². The van der Waals surface area contributed by atoms with Gasteiger partial charge >= 0.3 is 0 Å². The molecule has 1 saturated carbocycles. The summed E-state index contributed by atoms with van der Waals surface area (Å²) in [6.07, 6.45) is 4.26. The van der Waals surface area contributed by atoms with Crippen LogP contribution >= 0.6 is 11.8 Å². The summed E-state index contributed by atoms with van der Waals surface area (Å²) < 4.78 is 0. The zero-order chi connectivity index (χ0) is 17.3. The Balaban J connectivity index is 1.34. The zero-order valence-electron chi connectivity index (χ0n) is 14.0. The molecule has 26 heavy (non-hydrogen) atoms. The number of anilines is 2. The van der Waals surface area contributed by atoms with Gasteiger partial charge in [0.2, 0.25) is 0 Å². The van der Waals surface area contributed by atoms with Gasteiger partial charge in [-0.3, -0.25) is 5.10 Å². The Hall–Kier alpha value is -2.86. The summed E-state index contributed by atoms with van der Waals surface area (Å²) in [6, 6.07) is 18.7. The van der Waals surface area contributed by atoms with Crippen molar-refractivity contribution in [3.05, 3.63) is 66.5 Å². The first-order valence-electron chi connectivity index (χ1n) is 8.65. The van der Waals surface area contributed by atoms with Crippen LogP contribution in [-0.4, -0.2) is 20.2 Å². The number of nitrogens with one attached hydrogen (secondary N) is 2. The molecule has 1 aliphatic carbocycles. The number of fused-ring (bicyclic) bond motifs is 1. The number of hydrogen-bond donors (Lipinski definition) is 2. The Morgan fingerprint density at radius 1 is 1.00 bits per heavy atom. The highest BCUT2D eigenvalue weighted by Gasteiger charge is 2.26. The molecule has 0 spiro atoms. The van der Waals surface area contributed by atoms with Gasteiger partial charge in [-0.25, -0.2) is 9.97 Å². The SMILES string of the molecule is c1ccc2cc(Sc3nccc(Nc4cc(C5CC5)n[nH]4)n3)ccc2c1. The van der Waals surface area contributed by atoms with E-state index in [1.165, 1.54) is 23.6 Å². The third kappa shape index (κ3) is 3.28. The van der Waals surface area contributed by atoms with E-state index < -0.39 is 0 Å². The molecule has 0 aliphatic heterocycles. The third-order valence-corrected chi connectivity index (χ3v) is 5.29. The molecule has 0 saturated heterocycles. The lowest BCUT2D eigenvalue weighted by Gasteiger charge is -2.05. The highest BCUT2D eigenvalue weighted by atomic mass is 32.2. The van der Waals surface area contributed by atoms with Crippen LogP contribution in [0.15, 0.2) is 70.8 Å². The van der Waals surface area contributed by atoms with Crippen LogP contribution in [0.2, 0.25) is 0 Å². The first-order valence-corrected chi connectivity index (χ1v) is 9.47. The van der Waals surface area contributed by atoms with Crippen LogP contribution < -0.4 is 5.32 Å². The van der Waals surface area contributed by atoms with E-state index in [1.54, 1.807) is 18.0 Å². The molecule has 5 rings (SSSR count). The second-order valence-electron chi connectivity index (χ2n) is 6.44. The summed E-state index contributed by atoms with van der Waals surface area (Å²) in [5, 5.41) is 13.8. The maximum atomic E-state index is 4.61. The average Bonchev–Trinajstić information content (AvgIpc) is 3.42. The van der Waals surface area contributed by atoms with E-state index in [4.69, 9.17) is 0 Å². The van der Waals surface area contributed by atoms with Crippen LogP contribution in [0, 0.1) is 0 Å². The van der Waals surface area contributed by atoms with Gasteiger partial charge in [-0.2, -0.15) is 5.10 Å². The maximum absolute atomic E-state index is 4.61. The Morgan fingerprint density at radius 2 is 1.88 bits per heavy atom. The first-order chi connectivity index (χ1) is 12.8. The van der Waals surface area contributed by atoms with E-state index in [-0.39, 0.29) is 0 Å². The minimum Gasteiger partial charge on any atom is -0.325 e. The summed E-state index contributed by atoms with van der Waals surface area (Å²) in [7, 11) is 0. The van der Waals surface area contributed by atoms with Gasteiger partial charge in [-0.05, 0) is 53.6 Å². The predicted molar refractivity (Wildman–Crippen MR) is 104 cm³/mol. The summed E-state index contributed by atoms with van der Waals surface area (Å²) >= 11 is 1.56. The fourth-order valence-corrected chi connectivity index (χ4v) is 3.71. The Morgan fingerprint density at radius 3 is 2.77 bits per heavy atom. The summed E-state index contributed by atoms with van der Waals surface area (Å²) in [5.74, 6) is 2.26. The molecule has 2 heterocycles. The molecule has 4 aromatic rings. The number of hydrogen-bond acceptors (Lipinski definition) is 5. The lowest BCUT2D eigenvalue weighted by Crippen LogP contribution is -1.96. The van der Waals surface area contributed by atoms with E-state index >= 15 is 0 Å². The fourth-order valence-electron chi connectivity index (χ4n) is 2.92. The van der Waals surface area contributed by atoms with E-state index in [1.807, 2.05) is 6.07 Å². The normalized spacial score (nSPS) is 13.8. The number of H-pyrrole nitrogens is 1. The number of aromatic nitrogens is 4. The van der Waals surface area contributed by atoms with E-state index in [2.05, 4.69) is 74.0 Å². The minimum atomic E-state index is 0.631. The third-order valence-electron chi connectivity index (χ3n) is 4.42. The van der Waals surface area contributed by atoms with Crippen LogP contribution in [0.25, 0.3) is 10.8 Å². The Kier molecular flexibility index (Phi) is 3.83. The molecule has 0 atom stereocenters. The summed E-state index contributed by atoms with van der Waals surface area (Å²) in [4.78, 5) is 10.1. The van der Waals surface area contributed by atoms with Gasteiger partial charge in [0.05, 0.1) is 5.69 Å². The summed E-state index contributed by atoms with van der Waals surface area (Å²) in [6.45, 7) is 0. The predicted octanol–water partition coefficient (Wildman–Crippen LogP) is 5.13. The average molecular weight is 359 g/mol. The summed E-state index contributed by atoms with van der Waals surface area (Å²) in [5.41, 5.74) is 1.13. The molecule has 2 aromatic carbocycles. The van der Waals surface area contributed by atoms with Crippen molar-refractivity contribution in [2.75, 3.05) is 5.32 Å². The van der Waals surface area contributed by atoms with Crippen molar-refractivity contribution in [1.29, 1.82) is 0 Å². The van der Waals surface area contributed by atoms with Crippen molar-refractivity contribution in [3.8, 4) is 0 Å². The van der Waals surface area contributed by atoms with Gasteiger partial charge < -0.3 is 5.32 Å².